The van der Waals surface area contributed by atoms with E-state index < -0.39 is 0 Å². The maximum Gasteiger partial charge on any atom is 0.159 e. The van der Waals surface area contributed by atoms with Crippen LogP contribution in [0.1, 0.15) is 25.0 Å². The van der Waals surface area contributed by atoms with Gasteiger partial charge in [0.25, 0.3) is 0 Å². The Bertz CT molecular complexity index is 2760. The molecule has 0 amide bonds. The number of benzene rings is 8. The van der Waals surface area contributed by atoms with E-state index in [4.69, 9.17) is 4.42 Å². The second kappa shape index (κ2) is 12.3. The lowest BCUT2D eigenvalue weighted by molar-refractivity contribution is 0.653. The fourth-order valence-corrected chi connectivity index (χ4v) is 8.35. The van der Waals surface area contributed by atoms with Crippen molar-refractivity contribution in [3.05, 3.63) is 199 Å². The molecule has 1 heterocycles. The Balaban J connectivity index is 1.11. The van der Waals surface area contributed by atoms with Crippen LogP contribution >= 0.6 is 0 Å². The van der Waals surface area contributed by atoms with E-state index >= 15 is 0 Å². The molecule has 10 rings (SSSR count). The van der Waals surface area contributed by atoms with Gasteiger partial charge in [0.05, 0.1) is 5.69 Å². The van der Waals surface area contributed by atoms with Crippen LogP contribution in [0.25, 0.3) is 66.4 Å². The van der Waals surface area contributed by atoms with Crippen LogP contribution in [0.2, 0.25) is 0 Å². The summed E-state index contributed by atoms with van der Waals surface area (Å²) in [4.78, 5) is 2.33. The number of rotatable bonds is 6. The molecule has 0 N–H and O–H groups in total. The summed E-state index contributed by atoms with van der Waals surface area (Å²) >= 11 is 0. The zero-order chi connectivity index (χ0) is 35.5. The lowest BCUT2D eigenvalue weighted by Crippen LogP contribution is -2.14. The Morgan fingerprint density at radius 2 is 0.849 bits per heavy atom. The summed E-state index contributed by atoms with van der Waals surface area (Å²) in [6, 6.07) is 67.6. The molecule has 0 saturated heterocycles. The fourth-order valence-electron chi connectivity index (χ4n) is 8.35. The first kappa shape index (κ1) is 31.1. The highest BCUT2D eigenvalue weighted by Gasteiger charge is 2.37. The van der Waals surface area contributed by atoms with Crippen LogP contribution in [-0.4, -0.2) is 0 Å². The van der Waals surface area contributed by atoms with E-state index in [0.717, 1.165) is 39.0 Å². The Hall–Kier alpha value is -6.64. The lowest BCUT2D eigenvalue weighted by Gasteiger charge is -2.26. The van der Waals surface area contributed by atoms with Gasteiger partial charge in [-0.05, 0) is 80.4 Å². The lowest BCUT2D eigenvalue weighted by atomic mass is 9.82. The van der Waals surface area contributed by atoms with E-state index in [1.807, 2.05) is 0 Å². The third kappa shape index (κ3) is 5.10. The van der Waals surface area contributed by atoms with Gasteiger partial charge in [0.1, 0.15) is 5.58 Å². The highest BCUT2D eigenvalue weighted by atomic mass is 16.3. The van der Waals surface area contributed by atoms with Gasteiger partial charge in [-0.1, -0.05) is 172 Å². The minimum Gasteiger partial charge on any atom is -0.453 e. The molecule has 1 aromatic heterocycles. The second-order valence-electron chi connectivity index (χ2n) is 14.5. The SMILES string of the molecule is CC1(C)c2ccccc2-c2c1ccc1c2oc2c(N(c3ccc(-c4ccccc4)cc3)c3ccc(-c4ccc(-c5ccccc5)cc4)cc3)cccc21. The first-order valence-corrected chi connectivity index (χ1v) is 18.3. The van der Waals surface area contributed by atoms with Gasteiger partial charge in [-0.3, -0.25) is 0 Å². The number of anilines is 3. The molecule has 0 aliphatic heterocycles. The Morgan fingerprint density at radius 1 is 0.377 bits per heavy atom. The summed E-state index contributed by atoms with van der Waals surface area (Å²) in [7, 11) is 0. The molecule has 9 aromatic rings. The second-order valence-corrected chi connectivity index (χ2v) is 14.5. The standard InChI is InChI=1S/C51H37NO/c1-51(2)45-18-10-9-16-44(45)48-46(51)33-32-43-42-17-11-19-47(49(42)53-50(43)48)52(40-28-24-38(25-29-40)35-14-7-4-8-15-35)41-30-26-39(27-31-41)37-22-20-36(21-23-37)34-12-5-3-6-13-34/h3-33H,1-2H3. The smallest absolute Gasteiger partial charge is 0.159 e. The number of nitrogens with zero attached hydrogens (tertiary/aromatic N) is 1. The van der Waals surface area contributed by atoms with Crippen molar-refractivity contribution in [1.29, 1.82) is 0 Å². The molecule has 0 radical (unpaired) electrons. The fraction of sp³-hybridized carbons (Fsp3) is 0.0588. The zero-order valence-corrected chi connectivity index (χ0v) is 29.8. The minimum atomic E-state index is -0.0991. The van der Waals surface area contributed by atoms with Gasteiger partial charge in [0.2, 0.25) is 0 Å². The van der Waals surface area contributed by atoms with Gasteiger partial charge in [0.15, 0.2) is 5.58 Å². The van der Waals surface area contributed by atoms with Crippen molar-refractivity contribution in [3.8, 4) is 44.5 Å². The molecule has 2 heteroatoms. The van der Waals surface area contributed by atoms with Crippen LogP contribution < -0.4 is 4.90 Å². The summed E-state index contributed by atoms with van der Waals surface area (Å²) in [6.45, 7) is 4.64. The monoisotopic (exact) mass is 679 g/mol. The molecule has 0 fully saturated rings. The van der Waals surface area contributed by atoms with E-state index in [1.54, 1.807) is 0 Å². The number of fused-ring (bicyclic) bond motifs is 7. The third-order valence-electron chi connectivity index (χ3n) is 11.1. The summed E-state index contributed by atoms with van der Waals surface area (Å²) in [5.41, 5.74) is 17.2. The minimum absolute atomic E-state index is 0.0991. The molecule has 2 nitrogen and oxygen atoms in total. The molecule has 1 aliphatic rings. The van der Waals surface area contributed by atoms with Crippen LogP contribution in [-0.2, 0) is 5.41 Å². The molecule has 252 valence electrons. The van der Waals surface area contributed by atoms with Crippen LogP contribution in [0.4, 0.5) is 17.1 Å². The first-order chi connectivity index (χ1) is 26.0. The van der Waals surface area contributed by atoms with Crippen molar-refractivity contribution in [3.63, 3.8) is 0 Å². The molecule has 0 spiro atoms. The van der Waals surface area contributed by atoms with Crippen molar-refractivity contribution in [1.82, 2.24) is 0 Å². The van der Waals surface area contributed by atoms with E-state index in [1.165, 1.54) is 55.6 Å². The van der Waals surface area contributed by atoms with Crippen molar-refractivity contribution in [2.75, 3.05) is 4.90 Å². The van der Waals surface area contributed by atoms with Gasteiger partial charge < -0.3 is 9.32 Å². The van der Waals surface area contributed by atoms with E-state index in [2.05, 4.69) is 207 Å². The number of para-hydroxylation sites is 1. The summed E-state index contributed by atoms with van der Waals surface area (Å²) in [6.07, 6.45) is 0. The summed E-state index contributed by atoms with van der Waals surface area (Å²) in [5.74, 6) is 0. The molecule has 53 heavy (non-hydrogen) atoms. The normalized spacial score (nSPS) is 12.9. The first-order valence-electron chi connectivity index (χ1n) is 18.3. The average molecular weight is 680 g/mol. The van der Waals surface area contributed by atoms with Crippen LogP contribution in [0.15, 0.2) is 192 Å². The van der Waals surface area contributed by atoms with Crippen LogP contribution in [0.5, 0.6) is 0 Å². The quantitative estimate of drug-likeness (QED) is 0.174. The molecule has 0 atom stereocenters. The van der Waals surface area contributed by atoms with E-state index in [0.29, 0.717) is 0 Å². The molecule has 0 unspecified atom stereocenters. The van der Waals surface area contributed by atoms with Crippen molar-refractivity contribution < 1.29 is 4.42 Å². The molecule has 0 saturated carbocycles. The molecule has 1 aliphatic carbocycles. The predicted molar refractivity (Wildman–Crippen MR) is 222 cm³/mol. The van der Waals surface area contributed by atoms with Crippen LogP contribution in [0.3, 0.4) is 0 Å². The van der Waals surface area contributed by atoms with Crippen molar-refractivity contribution in [2.24, 2.45) is 0 Å². The summed E-state index contributed by atoms with van der Waals surface area (Å²) < 4.78 is 7.09. The summed E-state index contributed by atoms with van der Waals surface area (Å²) in [5, 5.41) is 2.25. The number of hydrogen-bond donors (Lipinski definition) is 0. The third-order valence-corrected chi connectivity index (χ3v) is 11.1. The Kier molecular flexibility index (Phi) is 7.19. The van der Waals surface area contributed by atoms with Gasteiger partial charge in [-0.25, -0.2) is 0 Å². The predicted octanol–water partition coefficient (Wildman–Crippen LogP) is 14.4. The topological polar surface area (TPSA) is 16.4 Å². The van der Waals surface area contributed by atoms with Crippen molar-refractivity contribution in [2.45, 2.75) is 19.3 Å². The number of furan rings is 1. The van der Waals surface area contributed by atoms with E-state index in [-0.39, 0.29) is 5.41 Å². The molecular formula is C51H37NO. The van der Waals surface area contributed by atoms with Gasteiger partial charge in [-0.15, -0.1) is 0 Å². The van der Waals surface area contributed by atoms with Gasteiger partial charge in [0, 0.05) is 33.1 Å². The van der Waals surface area contributed by atoms with E-state index in [9.17, 15) is 0 Å². The van der Waals surface area contributed by atoms with Gasteiger partial charge >= 0.3 is 0 Å². The molecular weight excluding hydrogens is 643 g/mol. The highest BCUT2D eigenvalue weighted by molar-refractivity contribution is 6.15. The molecule has 0 bridgehead atoms. The van der Waals surface area contributed by atoms with Crippen molar-refractivity contribution >= 4 is 39.0 Å². The highest BCUT2D eigenvalue weighted by Crippen LogP contribution is 2.53. The largest absolute Gasteiger partial charge is 0.453 e. The Labute approximate surface area is 310 Å². The zero-order valence-electron chi connectivity index (χ0n) is 29.8. The number of hydrogen-bond acceptors (Lipinski definition) is 2. The van der Waals surface area contributed by atoms with Crippen LogP contribution in [0, 0.1) is 0 Å². The molecule has 8 aromatic carbocycles. The maximum atomic E-state index is 7.09. The van der Waals surface area contributed by atoms with Gasteiger partial charge in [-0.2, -0.15) is 0 Å². The maximum absolute atomic E-state index is 7.09. The Morgan fingerprint density at radius 3 is 1.42 bits per heavy atom. The average Bonchev–Trinajstić information content (AvgIpc) is 3.72.